The van der Waals surface area contributed by atoms with Gasteiger partial charge in [-0.2, -0.15) is 0 Å². The van der Waals surface area contributed by atoms with Crippen LogP contribution in [0.4, 0.5) is 5.69 Å². The van der Waals surface area contributed by atoms with Gasteiger partial charge in [-0.3, -0.25) is 9.79 Å². The van der Waals surface area contributed by atoms with Crippen LogP contribution in [0.5, 0.6) is 11.5 Å². The number of hydrogen-bond donors (Lipinski definition) is 2. The van der Waals surface area contributed by atoms with Crippen LogP contribution in [-0.2, 0) is 17.6 Å². The summed E-state index contributed by atoms with van der Waals surface area (Å²) in [6.07, 6.45) is 2.70. The maximum Gasteiger partial charge on any atom is 0.265 e. The predicted molar refractivity (Wildman–Crippen MR) is 122 cm³/mol. The molecule has 2 aliphatic heterocycles. The highest BCUT2D eigenvalue weighted by Crippen LogP contribution is 2.31. The monoisotopic (exact) mass is 422 g/mol. The number of nitrogens with one attached hydrogen (secondary N) is 2. The lowest BCUT2D eigenvalue weighted by molar-refractivity contribution is -0.121. The molecule has 164 valence electrons. The van der Waals surface area contributed by atoms with Crippen molar-refractivity contribution in [2.24, 2.45) is 4.99 Å². The van der Waals surface area contributed by atoms with Crippen molar-refractivity contribution in [3.8, 4) is 11.5 Å². The fourth-order valence-electron chi connectivity index (χ4n) is 3.88. The van der Waals surface area contributed by atoms with E-state index in [1.807, 2.05) is 24.3 Å². The third-order valence-electron chi connectivity index (χ3n) is 5.42. The van der Waals surface area contributed by atoms with Crippen LogP contribution in [0.3, 0.4) is 0 Å². The molecule has 2 N–H and O–H groups in total. The molecule has 0 saturated heterocycles. The van der Waals surface area contributed by atoms with Crippen molar-refractivity contribution in [1.29, 1.82) is 0 Å². The zero-order valence-corrected chi connectivity index (χ0v) is 18.0. The number of nitrogens with zero attached hydrogens (tertiary/aromatic N) is 2. The van der Waals surface area contributed by atoms with Gasteiger partial charge in [-0.1, -0.05) is 24.3 Å². The molecule has 31 heavy (non-hydrogen) atoms. The second-order valence-corrected chi connectivity index (χ2v) is 7.63. The first-order chi connectivity index (χ1) is 15.2. The van der Waals surface area contributed by atoms with Crippen molar-refractivity contribution in [2.75, 3.05) is 44.3 Å². The van der Waals surface area contributed by atoms with Gasteiger partial charge in [-0.25, -0.2) is 0 Å². The Balaban J connectivity index is 1.26. The molecule has 0 radical (unpaired) electrons. The van der Waals surface area contributed by atoms with E-state index >= 15 is 0 Å². The Hall–Kier alpha value is -3.22. The number of anilines is 1. The molecule has 7 heteroatoms. The van der Waals surface area contributed by atoms with Crippen LogP contribution in [0.2, 0.25) is 0 Å². The zero-order chi connectivity index (χ0) is 21.5. The van der Waals surface area contributed by atoms with Gasteiger partial charge in [0.05, 0.1) is 12.3 Å². The van der Waals surface area contributed by atoms with Gasteiger partial charge in [0.2, 0.25) is 0 Å². The average Bonchev–Trinajstić information content (AvgIpc) is 3.26. The van der Waals surface area contributed by atoms with Crippen molar-refractivity contribution >= 4 is 17.6 Å². The molecule has 0 unspecified atom stereocenters. The number of hydrogen-bond acceptors (Lipinski definition) is 4. The second kappa shape index (κ2) is 10.2. The van der Waals surface area contributed by atoms with E-state index in [0.29, 0.717) is 13.1 Å². The Morgan fingerprint density at radius 3 is 2.94 bits per heavy atom. The Morgan fingerprint density at radius 1 is 1.13 bits per heavy atom. The fraction of sp³-hybridized carbons (Fsp3) is 0.417. The van der Waals surface area contributed by atoms with Crippen LogP contribution in [0.1, 0.15) is 24.5 Å². The molecule has 4 rings (SSSR count). The summed E-state index contributed by atoms with van der Waals surface area (Å²) in [5, 5.41) is 6.70. The van der Waals surface area contributed by atoms with Gasteiger partial charge in [0, 0.05) is 32.6 Å². The molecule has 7 nitrogen and oxygen atoms in total. The number of aliphatic imine (C=N–C) groups is 1. The summed E-state index contributed by atoms with van der Waals surface area (Å²) >= 11 is 0. The minimum atomic E-state index is -0.00698. The SMILES string of the molecule is CCNC(=NCCCN1C(=O)COc2ccccc21)NCCc1ccc2c(c1)CCO2. The first-order valence-electron chi connectivity index (χ1n) is 11.0. The molecule has 0 bridgehead atoms. The number of rotatable bonds is 8. The van der Waals surface area contributed by atoms with Crippen LogP contribution >= 0.6 is 0 Å². The van der Waals surface area contributed by atoms with E-state index in [4.69, 9.17) is 9.47 Å². The number of carbonyl (C=O) groups is 1. The van der Waals surface area contributed by atoms with E-state index in [9.17, 15) is 4.79 Å². The quantitative estimate of drug-likeness (QED) is 0.389. The first-order valence-corrected chi connectivity index (χ1v) is 11.0. The maximum absolute atomic E-state index is 12.3. The second-order valence-electron chi connectivity index (χ2n) is 7.63. The number of fused-ring (bicyclic) bond motifs is 2. The number of para-hydroxylation sites is 2. The van der Waals surface area contributed by atoms with Crippen LogP contribution in [-0.4, -0.2) is 51.3 Å². The Labute approximate surface area is 183 Å². The highest BCUT2D eigenvalue weighted by Gasteiger charge is 2.24. The van der Waals surface area contributed by atoms with Gasteiger partial charge >= 0.3 is 0 Å². The predicted octanol–water partition coefficient (Wildman–Crippen LogP) is 2.53. The van der Waals surface area contributed by atoms with Crippen molar-refractivity contribution in [1.82, 2.24) is 10.6 Å². The molecular formula is C24H30N4O3. The number of benzene rings is 2. The molecule has 2 aromatic rings. The largest absolute Gasteiger partial charge is 0.493 e. The molecule has 0 aromatic heterocycles. The summed E-state index contributed by atoms with van der Waals surface area (Å²) in [4.78, 5) is 18.7. The van der Waals surface area contributed by atoms with E-state index in [1.54, 1.807) is 4.90 Å². The molecule has 0 aliphatic carbocycles. The fourth-order valence-corrected chi connectivity index (χ4v) is 3.88. The van der Waals surface area contributed by atoms with Crippen LogP contribution in [0.25, 0.3) is 0 Å². The van der Waals surface area contributed by atoms with Crippen molar-refractivity contribution in [3.05, 3.63) is 53.6 Å². The van der Waals surface area contributed by atoms with Gasteiger partial charge in [0.15, 0.2) is 12.6 Å². The summed E-state index contributed by atoms with van der Waals surface area (Å²) < 4.78 is 11.1. The normalized spacial score (nSPS) is 15.1. The van der Waals surface area contributed by atoms with Crippen LogP contribution in [0.15, 0.2) is 47.5 Å². The summed E-state index contributed by atoms with van der Waals surface area (Å²) in [6, 6.07) is 14.1. The molecule has 2 aromatic carbocycles. The minimum absolute atomic E-state index is 0.00698. The van der Waals surface area contributed by atoms with E-state index < -0.39 is 0 Å². The lowest BCUT2D eigenvalue weighted by Gasteiger charge is -2.29. The van der Waals surface area contributed by atoms with Crippen LogP contribution < -0.4 is 25.0 Å². The summed E-state index contributed by atoms with van der Waals surface area (Å²) in [7, 11) is 0. The smallest absolute Gasteiger partial charge is 0.265 e. The molecule has 2 aliphatic rings. The van der Waals surface area contributed by atoms with Crippen molar-refractivity contribution in [3.63, 3.8) is 0 Å². The number of ether oxygens (including phenoxy) is 2. The van der Waals surface area contributed by atoms with Crippen molar-refractivity contribution < 1.29 is 14.3 Å². The lowest BCUT2D eigenvalue weighted by Crippen LogP contribution is -2.40. The van der Waals surface area contributed by atoms with Gasteiger partial charge in [-0.05, 0) is 49.1 Å². The van der Waals surface area contributed by atoms with Gasteiger partial charge < -0.3 is 25.0 Å². The van der Waals surface area contributed by atoms with Crippen molar-refractivity contribution in [2.45, 2.75) is 26.2 Å². The maximum atomic E-state index is 12.3. The van der Waals surface area contributed by atoms with E-state index in [0.717, 1.165) is 62.1 Å². The molecular weight excluding hydrogens is 392 g/mol. The Kier molecular flexibility index (Phi) is 6.92. The van der Waals surface area contributed by atoms with E-state index in [2.05, 4.69) is 40.7 Å². The Morgan fingerprint density at radius 2 is 2.03 bits per heavy atom. The lowest BCUT2D eigenvalue weighted by atomic mass is 10.1. The standard InChI is InChI=1S/C24H30N4O3/c1-2-25-24(27-13-10-18-8-9-21-19(16-18)11-15-30-21)26-12-5-14-28-20-6-3-4-7-22(20)31-17-23(28)29/h3-4,6-9,16H,2,5,10-15,17H2,1H3,(H2,25,26,27). The topological polar surface area (TPSA) is 75.2 Å². The molecule has 0 fully saturated rings. The van der Waals surface area contributed by atoms with Crippen LogP contribution in [0, 0.1) is 0 Å². The molecule has 2 heterocycles. The number of carbonyl (C=O) groups excluding carboxylic acids is 1. The summed E-state index contributed by atoms with van der Waals surface area (Å²) in [6.45, 7) is 5.81. The van der Waals surface area contributed by atoms with E-state index in [-0.39, 0.29) is 12.5 Å². The molecule has 0 spiro atoms. The van der Waals surface area contributed by atoms with Gasteiger partial charge in [0.25, 0.3) is 5.91 Å². The molecule has 0 saturated carbocycles. The molecule has 0 atom stereocenters. The third kappa shape index (κ3) is 5.29. The highest BCUT2D eigenvalue weighted by atomic mass is 16.5. The zero-order valence-electron chi connectivity index (χ0n) is 18.0. The van der Waals surface area contributed by atoms with Gasteiger partial charge in [0.1, 0.15) is 11.5 Å². The molecule has 1 amide bonds. The number of amides is 1. The average molecular weight is 423 g/mol. The highest BCUT2D eigenvalue weighted by molar-refractivity contribution is 5.97. The number of guanidine groups is 1. The Bertz CT molecular complexity index is 944. The van der Waals surface area contributed by atoms with E-state index in [1.165, 1.54) is 11.1 Å². The van der Waals surface area contributed by atoms with Gasteiger partial charge in [-0.15, -0.1) is 0 Å². The summed E-state index contributed by atoms with van der Waals surface area (Å²) in [5.41, 5.74) is 3.45. The summed E-state index contributed by atoms with van der Waals surface area (Å²) in [5.74, 6) is 2.58. The first kappa shape index (κ1) is 21.0. The third-order valence-corrected chi connectivity index (χ3v) is 5.42. The minimum Gasteiger partial charge on any atom is -0.493 e.